The van der Waals surface area contributed by atoms with Crippen molar-refractivity contribution in [3.63, 3.8) is 0 Å². The van der Waals surface area contributed by atoms with Gasteiger partial charge in [-0.05, 0) is 45.4 Å². The van der Waals surface area contributed by atoms with Gasteiger partial charge < -0.3 is 9.64 Å². The Balaban J connectivity index is 1.69. The highest BCUT2D eigenvalue weighted by Crippen LogP contribution is 2.42. The Kier molecular flexibility index (Phi) is 3.07. The van der Waals surface area contributed by atoms with Crippen LogP contribution in [0.1, 0.15) is 33.6 Å². The minimum absolute atomic E-state index is 0.179. The number of carbonyl (C=O) groups is 1. The number of hydrogen-bond donors (Lipinski definition) is 0. The third-order valence-corrected chi connectivity index (χ3v) is 3.64. The first-order valence-electron chi connectivity index (χ1n) is 6.33. The molecule has 2 aliphatic rings. The molecule has 0 spiro atoms. The Morgan fingerprint density at radius 2 is 1.88 bits per heavy atom. The van der Waals surface area contributed by atoms with Gasteiger partial charge in [0.05, 0.1) is 0 Å². The summed E-state index contributed by atoms with van der Waals surface area (Å²) in [7, 11) is 0. The molecule has 0 aromatic heterocycles. The highest BCUT2D eigenvalue weighted by atomic mass is 16.6. The van der Waals surface area contributed by atoms with Crippen LogP contribution in [0.25, 0.3) is 0 Å². The SMILES string of the molecule is C#CC1CC(C2CN(C(=O)OC(C)(C)C)C2)C1. The molecule has 94 valence electrons. The standard InChI is InChI=1S/C14H21NO2/c1-5-10-6-11(7-10)12-8-15(9-12)13(16)17-14(2,3)4/h1,10-12H,6-9H2,2-4H3. The predicted molar refractivity (Wildman–Crippen MR) is 66.3 cm³/mol. The molecule has 1 aliphatic heterocycles. The summed E-state index contributed by atoms with van der Waals surface area (Å²) in [5, 5.41) is 0. The molecule has 1 aliphatic carbocycles. The van der Waals surface area contributed by atoms with Gasteiger partial charge in [0, 0.05) is 19.0 Å². The van der Waals surface area contributed by atoms with Crippen molar-refractivity contribution in [3.8, 4) is 12.3 Å². The molecule has 2 fully saturated rings. The smallest absolute Gasteiger partial charge is 0.410 e. The number of carbonyl (C=O) groups excluding carboxylic acids is 1. The van der Waals surface area contributed by atoms with Crippen LogP contribution >= 0.6 is 0 Å². The van der Waals surface area contributed by atoms with Crippen LogP contribution < -0.4 is 0 Å². The summed E-state index contributed by atoms with van der Waals surface area (Å²) in [6.45, 7) is 7.37. The van der Waals surface area contributed by atoms with Crippen LogP contribution in [-0.2, 0) is 4.74 Å². The van der Waals surface area contributed by atoms with E-state index in [2.05, 4.69) is 5.92 Å². The van der Waals surface area contributed by atoms with E-state index in [0.717, 1.165) is 31.8 Å². The summed E-state index contributed by atoms with van der Waals surface area (Å²) in [6, 6.07) is 0. The molecule has 0 N–H and O–H groups in total. The zero-order valence-corrected chi connectivity index (χ0v) is 10.9. The number of terminal acetylenes is 1. The zero-order chi connectivity index (χ0) is 12.6. The van der Waals surface area contributed by atoms with Crippen LogP contribution in [0.5, 0.6) is 0 Å². The molecule has 1 amide bonds. The van der Waals surface area contributed by atoms with Gasteiger partial charge in [-0.25, -0.2) is 4.79 Å². The Morgan fingerprint density at radius 1 is 1.29 bits per heavy atom. The first-order chi connectivity index (χ1) is 7.89. The van der Waals surface area contributed by atoms with E-state index in [1.807, 2.05) is 20.8 Å². The zero-order valence-electron chi connectivity index (χ0n) is 10.9. The molecule has 3 heteroatoms. The normalized spacial score (nSPS) is 28.9. The quantitative estimate of drug-likeness (QED) is 0.654. The molecule has 1 heterocycles. The fourth-order valence-electron chi connectivity index (χ4n) is 2.47. The van der Waals surface area contributed by atoms with Gasteiger partial charge in [-0.3, -0.25) is 0 Å². The van der Waals surface area contributed by atoms with Gasteiger partial charge in [0.2, 0.25) is 0 Å². The monoisotopic (exact) mass is 235 g/mol. The van der Waals surface area contributed by atoms with Crippen molar-refractivity contribution in [2.45, 2.75) is 39.2 Å². The summed E-state index contributed by atoms with van der Waals surface area (Å²) < 4.78 is 5.32. The molecule has 0 unspecified atom stereocenters. The molecular weight excluding hydrogens is 214 g/mol. The van der Waals surface area contributed by atoms with Crippen LogP contribution in [0.3, 0.4) is 0 Å². The van der Waals surface area contributed by atoms with E-state index >= 15 is 0 Å². The van der Waals surface area contributed by atoms with E-state index in [4.69, 9.17) is 11.2 Å². The fourth-order valence-corrected chi connectivity index (χ4v) is 2.47. The topological polar surface area (TPSA) is 29.5 Å². The summed E-state index contributed by atoms with van der Waals surface area (Å²) in [5.41, 5.74) is -0.396. The van der Waals surface area contributed by atoms with Crippen LogP contribution in [0, 0.1) is 30.1 Å². The van der Waals surface area contributed by atoms with Crippen molar-refractivity contribution in [1.82, 2.24) is 4.90 Å². The highest BCUT2D eigenvalue weighted by Gasteiger charge is 2.42. The van der Waals surface area contributed by atoms with Gasteiger partial charge in [-0.15, -0.1) is 12.3 Å². The number of amides is 1. The maximum atomic E-state index is 11.7. The van der Waals surface area contributed by atoms with Gasteiger partial charge >= 0.3 is 6.09 Å². The van der Waals surface area contributed by atoms with Crippen LogP contribution in [0.15, 0.2) is 0 Å². The Labute approximate surface area is 104 Å². The molecule has 1 saturated carbocycles. The van der Waals surface area contributed by atoms with Crippen molar-refractivity contribution in [2.75, 3.05) is 13.1 Å². The van der Waals surface area contributed by atoms with Gasteiger partial charge in [0.1, 0.15) is 5.60 Å². The lowest BCUT2D eigenvalue weighted by atomic mass is 9.67. The van der Waals surface area contributed by atoms with Gasteiger partial charge in [-0.1, -0.05) is 0 Å². The molecule has 0 aromatic rings. The second-order valence-electron chi connectivity index (χ2n) is 6.24. The largest absolute Gasteiger partial charge is 0.444 e. The Bertz CT molecular complexity index is 338. The second-order valence-corrected chi connectivity index (χ2v) is 6.24. The lowest BCUT2D eigenvalue weighted by Gasteiger charge is -2.48. The number of ether oxygens (including phenoxy) is 1. The molecule has 0 atom stereocenters. The Morgan fingerprint density at radius 3 is 2.35 bits per heavy atom. The van der Waals surface area contributed by atoms with Crippen molar-refractivity contribution in [3.05, 3.63) is 0 Å². The molecule has 3 nitrogen and oxygen atoms in total. The van der Waals surface area contributed by atoms with Crippen molar-refractivity contribution < 1.29 is 9.53 Å². The van der Waals surface area contributed by atoms with Gasteiger partial charge in [-0.2, -0.15) is 0 Å². The van der Waals surface area contributed by atoms with E-state index in [1.54, 1.807) is 4.90 Å². The third-order valence-electron chi connectivity index (χ3n) is 3.64. The molecule has 0 radical (unpaired) electrons. The molecule has 0 bridgehead atoms. The Hall–Kier alpha value is -1.17. The maximum absolute atomic E-state index is 11.7. The second kappa shape index (κ2) is 4.25. The number of rotatable bonds is 1. The van der Waals surface area contributed by atoms with Crippen molar-refractivity contribution in [2.24, 2.45) is 17.8 Å². The van der Waals surface area contributed by atoms with Gasteiger partial charge in [0.25, 0.3) is 0 Å². The minimum atomic E-state index is -0.396. The number of hydrogen-bond acceptors (Lipinski definition) is 2. The minimum Gasteiger partial charge on any atom is -0.444 e. The first kappa shape index (κ1) is 12.3. The van der Waals surface area contributed by atoms with Crippen molar-refractivity contribution >= 4 is 6.09 Å². The average molecular weight is 235 g/mol. The summed E-state index contributed by atoms with van der Waals surface area (Å²) >= 11 is 0. The van der Waals surface area contributed by atoms with E-state index in [0.29, 0.717) is 11.8 Å². The molecule has 2 rings (SSSR count). The lowest BCUT2D eigenvalue weighted by Crippen LogP contribution is -2.55. The lowest BCUT2D eigenvalue weighted by molar-refractivity contribution is -0.0240. The fraction of sp³-hybridized carbons (Fsp3) is 0.786. The summed E-state index contributed by atoms with van der Waals surface area (Å²) in [4.78, 5) is 13.5. The number of likely N-dealkylation sites (tertiary alicyclic amines) is 1. The molecule has 17 heavy (non-hydrogen) atoms. The molecule has 0 aromatic carbocycles. The van der Waals surface area contributed by atoms with Crippen LogP contribution in [0.4, 0.5) is 4.79 Å². The van der Waals surface area contributed by atoms with E-state index in [-0.39, 0.29) is 6.09 Å². The van der Waals surface area contributed by atoms with E-state index < -0.39 is 5.60 Å². The van der Waals surface area contributed by atoms with E-state index in [9.17, 15) is 4.79 Å². The maximum Gasteiger partial charge on any atom is 0.410 e. The number of nitrogens with zero attached hydrogens (tertiary/aromatic N) is 1. The summed E-state index contributed by atoms with van der Waals surface area (Å²) in [6.07, 6.45) is 7.47. The highest BCUT2D eigenvalue weighted by molar-refractivity contribution is 5.69. The first-order valence-corrected chi connectivity index (χ1v) is 6.33. The van der Waals surface area contributed by atoms with Crippen LogP contribution in [0.2, 0.25) is 0 Å². The molecule has 1 saturated heterocycles. The predicted octanol–water partition coefficient (Wildman–Crippen LogP) is 2.51. The van der Waals surface area contributed by atoms with Crippen LogP contribution in [-0.4, -0.2) is 29.7 Å². The van der Waals surface area contributed by atoms with Crippen molar-refractivity contribution in [1.29, 1.82) is 0 Å². The van der Waals surface area contributed by atoms with Gasteiger partial charge in [0.15, 0.2) is 0 Å². The third kappa shape index (κ3) is 2.74. The van der Waals surface area contributed by atoms with E-state index in [1.165, 1.54) is 0 Å². The molecular formula is C14H21NO2. The summed E-state index contributed by atoms with van der Waals surface area (Å²) in [5.74, 6) is 4.65. The average Bonchev–Trinajstić information content (AvgIpc) is 2.02.